The lowest BCUT2D eigenvalue weighted by Crippen LogP contribution is -2.60. The smallest absolute Gasteiger partial charge is 0.297 e. The van der Waals surface area contributed by atoms with Crippen molar-refractivity contribution in [1.82, 2.24) is 5.32 Å². The zero-order valence-corrected chi connectivity index (χ0v) is 29.1. The minimum atomic E-state index is -1.65. The Bertz CT molecular complexity index is 2230. The number of benzene rings is 1. The normalized spacial score (nSPS) is 17.7. The number of aliphatic hydroxyl groups excluding tert-OH is 5. The van der Waals surface area contributed by atoms with Crippen LogP contribution in [-0.4, -0.2) is 87.5 Å². The fourth-order valence-electron chi connectivity index (χ4n) is 4.16. The lowest BCUT2D eigenvalue weighted by atomic mass is 9.99. The molecule has 0 radical (unpaired) electrons. The van der Waals surface area contributed by atoms with E-state index < -0.39 is 55.4 Å². The van der Waals surface area contributed by atoms with Crippen LogP contribution in [-0.2, 0) is 20.7 Å². The van der Waals surface area contributed by atoms with E-state index in [9.17, 15) is 30.3 Å². The highest BCUT2D eigenvalue weighted by Crippen LogP contribution is 2.22. The van der Waals surface area contributed by atoms with Gasteiger partial charge in [-0.05, 0) is 126 Å². The Hall–Kier alpha value is -6.87. The van der Waals surface area contributed by atoms with E-state index in [4.69, 9.17) is 9.47 Å². The van der Waals surface area contributed by atoms with Crippen LogP contribution < -0.4 is 5.32 Å². The molecule has 54 heavy (non-hydrogen) atoms. The Morgan fingerprint density at radius 3 is 1.67 bits per heavy atom. The highest BCUT2D eigenvalue weighted by atomic mass is 16.7. The van der Waals surface area contributed by atoms with Crippen LogP contribution in [0.5, 0.6) is 0 Å². The van der Waals surface area contributed by atoms with Gasteiger partial charge in [-0.25, -0.2) is 0 Å². The highest BCUT2D eigenvalue weighted by molar-refractivity contribution is 5.94. The second-order valence-electron chi connectivity index (χ2n) is 10.5. The molecule has 1 aromatic carbocycles. The van der Waals surface area contributed by atoms with Crippen LogP contribution in [0, 0.1) is 142 Å². The van der Waals surface area contributed by atoms with Crippen molar-refractivity contribution >= 4 is 5.91 Å². The van der Waals surface area contributed by atoms with Crippen LogP contribution in [0.1, 0.15) is 31.7 Å². The van der Waals surface area contributed by atoms with E-state index in [1.54, 1.807) is 6.92 Å². The van der Waals surface area contributed by atoms with Crippen molar-refractivity contribution in [1.29, 1.82) is 0 Å². The van der Waals surface area contributed by atoms with E-state index in [1.807, 2.05) is 30.3 Å². The molecule has 1 amide bonds. The molecule has 0 spiro atoms. The van der Waals surface area contributed by atoms with Crippen LogP contribution in [0.15, 0.2) is 30.3 Å². The monoisotopic (exact) mass is 715 g/mol. The van der Waals surface area contributed by atoms with Crippen molar-refractivity contribution in [2.24, 2.45) is 0 Å². The molecule has 9 heteroatoms. The molecule has 1 heterocycles. The number of ether oxygens (including phenoxy) is 2. The fourth-order valence-corrected chi connectivity index (χ4v) is 4.16. The van der Waals surface area contributed by atoms with Gasteiger partial charge in [0.05, 0.1) is 25.4 Å². The van der Waals surface area contributed by atoms with Crippen molar-refractivity contribution in [3.05, 3.63) is 35.9 Å². The molecule has 1 fully saturated rings. The third-order valence-electron chi connectivity index (χ3n) is 6.74. The van der Waals surface area contributed by atoms with Crippen molar-refractivity contribution in [3.63, 3.8) is 0 Å². The first-order valence-electron chi connectivity index (χ1n) is 16.2. The van der Waals surface area contributed by atoms with Crippen LogP contribution in [0.2, 0.25) is 0 Å². The number of nitrogens with one attached hydrogen (secondary N) is 1. The van der Waals surface area contributed by atoms with Gasteiger partial charge < -0.3 is 40.3 Å². The second kappa shape index (κ2) is 27.8. The molecule has 0 aromatic heterocycles. The molecule has 266 valence electrons. The number of aliphatic hydroxyl groups is 5. The van der Waals surface area contributed by atoms with E-state index in [-0.39, 0.29) is 6.61 Å². The van der Waals surface area contributed by atoms with Crippen LogP contribution in [0.25, 0.3) is 0 Å². The Morgan fingerprint density at radius 1 is 0.704 bits per heavy atom. The van der Waals surface area contributed by atoms with Gasteiger partial charge in [0.15, 0.2) is 6.29 Å². The summed E-state index contributed by atoms with van der Waals surface area (Å²) < 4.78 is 11.0. The quantitative estimate of drug-likeness (QED) is 0.128. The summed E-state index contributed by atoms with van der Waals surface area (Å²) in [5.74, 6) is 58.6. The average Bonchev–Trinajstić information content (AvgIpc) is 3.18. The van der Waals surface area contributed by atoms with Crippen molar-refractivity contribution < 1.29 is 39.8 Å². The van der Waals surface area contributed by atoms with E-state index in [1.165, 1.54) is 0 Å². The highest BCUT2D eigenvalue weighted by Gasteiger charge is 2.44. The molecule has 9 nitrogen and oxygen atoms in total. The van der Waals surface area contributed by atoms with Crippen molar-refractivity contribution in [2.45, 2.75) is 75.5 Å². The Balaban J connectivity index is 1.92. The van der Waals surface area contributed by atoms with Gasteiger partial charge in [-0.1, -0.05) is 42.7 Å². The summed E-state index contributed by atoms with van der Waals surface area (Å²) in [7, 11) is 0. The summed E-state index contributed by atoms with van der Waals surface area (Å²) in [6.07, 6.45) is -6.03. The van der Waals surface area contributed by atoms with Crippen molar-refractivity contribution in [3.8, 4) is 142 Å². The molecule has 0 aliphatic carbocycles. The number of hydrogen-bond acceptors (Lipinski definition) is 8. The van der Waals surface area contributed by atoms with Gasteiger partial charge >= 0.3 is 0 Å². The molecule has 2 unspecified atom stereocenters. The summed E-state index contributed by atoms with van der Waals surface area (Å²) in [5.41, 5.74) is 1.16. The largest absolute Gasteiger partial charge is 0.394 e. The molecule has 1 saturated heterocycles. The molecule has 1 aromatic rings. The number of rotatable bonds is 11. The standard InChI is InChI=1S/C45H33NO8/c1-2-3-4-5-6-7-8-9-10-11-12-13-14-15-16-17-18-19-20-21-22-23-27-34-41(49)46-38(39(48)33-29-28-32-37-30-25-24-26-31-37)36-53-45-44(52)43(51)42(50)40(35-47)54-45/h24-26,30-31,38-40,42-45,47-48,50-52H,28-29,32-33,35-36H2,1H3,(H,46,49)/t38-,39+,40?,42-,43-,44?,45-/m0/s1. The zero-order valence-electron chi connectivity index (χ0n) is 29.1. The minimum Gasteiger partial charge on any atom is -0.394 e. The summed E-state index contributed by atoms with van der Waals surface area (Å²) in [5, 5.41) is 53.3. The molecule has 1 aliphatic rings. The predicted molar refractivity (Wildman–Crippen MR) is 201 cm³/mol. The van der Waals surface area contributed by atoms with Gasteiger partial charge in [-0.15, -0.1) is 0 Å². The first-order chi connectivity index (χ1) is 26.4. The van der Waals surface area contributed by atoms with Crippen LogP contribution in [0.4, 0.5) is 0 Å². The van der Waals surface area contributed by atoms with Crippen molar-refractivity contribution in [2.75, 3.05) is 13.2 Å². The van der Waals surface area contributed by atoms with E-state index in [0.717, 1.165) is 18.4 Å². The lowest BCUT2D eigenvalue weighted by molar-refractivity contribution is -0.302. The van der Waals surface area contributed by atoms with Gasteiger partial charge in [0.2, 0.25) is 0 Å². The molecule has 6 N–H and O–H groups in total. The summed E-state index contributed by atoms with van der Waals surface area (Å²) in [6, 6.07) is 8.87. The van der Waals surface area contributed by atoms with Gasteiger partial charge in [-0.2, -0.15) is 0 Å². The van der Waals surface area contributed by atoms with Crippen LogP contribution >= 0.6 is 0 Å². The van der Waals surface area contributed by atoms with Gasteiger partial charge in [-0.3, -0.25) is 4.79 Å². The number of hydrogen-bond donors (Lipinski definition) is 6. The summed E-state index contributed by atoms with van der Waals surface area (Å²) >= 11 is 0. The minimum absolute atomic E-state index is 0.306. The molecule has 0 bridgehead atoms. The number of carbonyl (C=O) groups excluding carboxylic acids is 1. The maximum atomic E-state index is 12.6. The van der Waals surface area contributed by atoms with Crippen LogP contribution in [0.3, 0.4) is 0 Å². The first-order valence-corrected chi connectivity index (χ1v) is 16.2. The third kappa shape index (κ3) is 18.9. The first kappa shape index (κ1) is 43.3. The topological polar surface area (TPSA) is 149 Å². The number of aryl methyl sites for hydroxylation is 1. The van der Waals surface area contributed by atoms with Gasteiger partial charge in [0.1, 0.15) is 24.4 Å². The zero-order chi connectivity index (χ0) is 39.1. The van der Waals surface area contributed by atoms with E-state index >= 15 is 0 Å². The summed E-state index contributed by atoms with van der Waals surface area (Å²) in [6.45, 7) is 0.695. The van der Waals surface area contributed by atoms with E-state index in [0.29, 0.717) is 12.8 Å². The predicted octanol–water partition coefficient (Wildman–Crippen LogP) is -0.878. The number of carbonyl (C=O) groups is 1. The van der Waals surface area contributed by atoms with Gasteiger partial charge in [0.25, 0.3) is 5.91 Å². The number of unbranched alkanes of at least 4 members (excludes halogenated alkanes) is 1. The van der Waals surface area contributed by atoms with E-state index in [2.05, 4.69) is 147 Å². The average molecular weight is 716 g/mol. The third-order valence-corrected chi connectivity index (χ3v) is 6.74. The fraction of sp³-hybridized carbons (Fsp3) is 0.311. The Kier molecular flexibility index (Phi) is 22.3. The SMILES string of the molecule is CC#CC#CC#CC#CC#CC#CC#CC#CC#CC#CC#CC#CC(=O)N[C@@H](CO[C@H]1OC(CO)[C@H](O)[C@H](O)C1O)[C@H](O)CCCCc1ccccc1. The molecule has 2 rings (SSSR count). The Labute approximate surface area is 317 Å². The molecular weight excluding hydrogens is 682 g/mol. The molecular formula is C45H33NO8. The number of amides is 1. The molecule has 1 aliphatic heterocycles. The lowest BCUT2D eigenvalue weighted by Gasteiger charge is -2.40. The molecule has 0 saturated carbocycles. The second-order valence-corrected chi connectivity index (χ2v) is 10.5. The van der Waals surface area contributed by atoms with Gasteiger partial charge in [0, 0.05) is 41.4 Å². The summed E-state index contributed by atoms with van der Waals surface area (Å²) in [4.78, 5) is 12.6. The Morgan fingerprint density at radius 2 is 1.19 bits per heavy atom. The molecule has 7 atom stereocenters. The maximum absolute atomic E-state index is 12.6. The maximum Gasteiger partial charge on any atom is 0.297 e.